The molecule has 1 heterocycles. The van der Waals surface area contributed by atoms with Crippen molar-refractivity contribution in [2.75, 3.05) is 20.6 Å². The number of aliphatic hydroxyl groups is 1. The van der Waals surface area contributed by atoms with E-state index in [-0.39, 0.29) is 36.8 Å². The number of carboxylic acid groups (broad SMARTS) is 1. The molecule has 2 aliphatic carbocycles. The van der Waals surface area contributed by atoms with Crippen molar-refractivity contribution in [3.05, 3.63) is 83.0 Å². The summed E-state index contributed by atoms with van der Waals surface area (Å²) in [6, 6.07) is 8.31. The fourth-order valence-corrected chi connectivity index (χ4v) is 6.77. The van der Waals surface area contributed by atoms with Crippen molar-refractivity contribution < 1.29 is 24.2 Å². The summed E-state index contributed by atoms with van der Waals surface area (Å²) in [6.45, 7) is 0.977. The van der Waals surface area contributed by atoms with Gasteiger partial charge in [0.15, 0.2) is 0 Å². The number of nitrogens with one attached hydrogen (secondary N) is 1. The summed E-state index contributed by atoms with van der Waals surface area (Å²) < 4.78 is 13.5. The van der Waals surface area contributed by atoms with Gasteiger partial charge in [-0.15, -0.1) is 0 Å². The summed E-state index contributed by atoms with van der Waals surface area (Å²) in [5.41, 5.74) is 7.41. The Bertz CT molecular complexity index is 1320. The number of halogens is 1. The number of allylic oxidation sites excluding steroid dienone is 4. The van der Waals surface area contributed by atoms with Gasteiger partial charge in [-0.05, 0) is 74.5 Å². The van der Waals surface area contributed by atoms with E-state index in [9.17, 15) is 19.1 Å². The molecule has 0 spiro atoms. The van der Waals surface area contributed by atoms with Gasteiger partial charge in [0.2, 0.25) is 5.91 Å². The Morgan fingerprint density at radius 1 is 1.06 bits per heavy atom. The van der Waals surface area contributed by atoms with Gasteiger partial charge in [0.1, 0.15) is 6.17 Å². The number of β-lactam (4-membered cyclic amide) rings is 1. The monoisotopic (exact) mass is 648 g/mol. The molecule has 1 aliphatic heterocycles. The molecule has 0 aromatic heterocycles. The maximum Gasteiger partial charge on any atom is 0.303 e. The highest BCUT2D eigenvalue weighted by Crippen LogP contribution is 2.46. The second kappa shape index (κ2) is 18.7. The van der Waals surface area contributed by atoms with Crippen LogP contribution in [0.4, 0.5) is 4.39 Å². The first-order valence-electron chi connectivity index (χ1n) is 17.3. The number of likely N-dealkylation sites (tertiary alicyclic amines) is 1. The van der Waals surface area contributed by atoms with Crippen LogP contribution in [0.5, 0.6) is 0 Å². The summed E-state index contributed by atoms with van der Waals surface area (Å²) >= 11 is 0. The van der Waals surface area contributed by atoms with E-state index in [2.05, 4.69) is 52.9 Å². The van der Waals surface area contributed by atoms with Crippen LogP contribution in [-0.4, -0.2) is 77.3 Å². The van der Waals surface area contributed by atoms with Crippen LogP contribution in [0.25, 0.3) is 0 Å². The zero-order valence-electron chi connectivity index (χ0n) is 28.1. The summed E-state index contributed by atoms with van der Waals surface area (Å²) in [5.74, 6) is -0.873. The number of hydrazine groups is 1. The zero-order valence-corrected chi connectivity index (χ0v) is 28.1. The van der Waals surface area contributed by atoms with Crippen molar-refractivity contribution in [1.82, 2.24) is 15.3 Å². The Morgan fingerprint density at radius 2 is 1.83 bits per heavy atom. The second-order valence-corrected chi connectivity index (χ2v) is 13.1. The molecule has 1 fully saturated rings. The molecule has 3 aliphatic rings. The number of carbonyl (C=O) groups excluding carboxylic acids is 1. The van der Waals surface area contributed by atoms with Crippen LogP contribution >= 0.6 is 0 Å². The Balaban J connectivity index is 1.33. The number of hydrogen-bond donors (Lipinski definition) is 3. The lowest BCUT2D eigenvalue weighted by molar-refractivity contribution is -0.160. The summed E-state index contributed by atoms with van der Waals surface area (Å²) in [7, 11) is 3.77. The van der Waals surface area contributed by atoms with E-state index in [0.717, 1.165) is 61.8 Å². The number of aliphatic hydroxyl groups excluding tert-OH is 1. The van der Waals surface area contributed by atoms with Crippen molar-refractivity contribution in [3.8, 4) is 0 Å². The van der Waals surface area contributed by atoms with E-state index < -0.39 is 18.2 Å². The fraction of sp³-hybridized carbons (Fsp3) is 0.553. The minimum Gasteiger partial charge on any atom is -0.481 e. The molecule has 0 radical (unpaired) electrons. The molecule has 3 N–H and O–H groups in total. The van der Waals surface area contributed by atoms with Gasteiger partial charge in [-0.1, -0.05) is 79.1 Å². The minimum atomic E-state index is -1.00. The average Bonchev–Trinajstić information content (AvgIpc) is 3.07. The third-order valence-corrected chi connectivity index (χ3v) is 9.52. The molecule has 1 amide bonds. The van der Waals surface area contributed by atoms with E-state index in [0.29, 0.717) is 19.3 Å². The predicted molar refractivity (Wildman–Crippen MR) is 186 cm³/mol. The molecular formula is C38H53FN4O4. The first-order valence-corrected chi connectivity index (χ1v) is 17.3. The fourth-order valence-electron chi connectivity index (χ4n) is 6.77. The van der Waals surface area contributed by atoms with Gasteiger partial charge in [-0.3, -0.25) is 14.6 Å². The number of benzene rings is 1. The number of unbranched alkanes of at least 4 members (excludes halogenated alkanes) is 4. The Kier molecular flexibility index (Phi) is 14.4. The van der Waals surface area contributed by atoms with Gasteiger partial charge in [0, 0.05) is 33.5 Å². The van der Waals surface area contributed by atoms with Crippen LogP contribution in [0.15, 0.2) is 76.9 Å². The van der Waals surface area contributed by atoms with Gasteiger partial charge in [-0.25, -0.2) is 9.40 Å². The molecule has 1 saturated heterocycles. The molecule has 1 aromatic carbocycles. The molecule has 9 heteroatoms. The second-order valence-electron chi connectivity index (χ2n) is 13.1. The van der Waals surface area contributed by atoms with Crippen LogP contribution in [0.2, 0.25) is 0 Å². The SMILES string of the molecule is CN=CNN(C)CCCCCCC1=CCC(N2C(=O)C(CCC(O)C3=CCC(F)C=C3)C2c2ccc(CCCCC(=O)O)cc2)C=C1. The first-order chi connectivity index (χ1) is 22.8. The highest BCUT2D eigenvalue weighted by molar-refractivity contribution is 5.87. The van der Waals surface area contributed by atoms with Crippen molar-refractivity contribution in [1.29, 1.82) is 0 Å². The van der Waals surface area contributed by atoms with Crippen LogP contribution in [0, 0.1) is 5.92 Å². The van der Waals surface area contributed by atoms with Crippen LogP contribution in [0.1, 0.15) is 94.2 Å². The van der Waals surface area contributed by atoms with E-state index in [1.165, 1.54) is 24.5 Å². The number of carboxylic acids is 1. The zero-order chi connectivity index (χ0) is 33.6. The predicted octanol–water partition coefficient (Wildman–Crippen LogP) is 6.65. The number of nitrogens with zero attached hydrogens (tertiary/aromatic N) is 3. The van der Waals surface area contributed by atoms with Gasteiger partial charge < -0.3 is 20.5 Å². The van der Waals surface area contributed by atoms with E-state index in [1.54, 1.807) is 25.5 Å². The van der Waals surface area contributed by atoms with E-state index >= 15 is 0 Å². The van der Waals surface area contributed by atoms with Crippen LogP contribution < -0.4 is 5.43 Å². The quantitative estimate of drug-likeness (QED) is 0.0481. The Labute approximate surface area is 279 Å². The Morgan fingerprint density at radius 3 is 2.51 bits per heavy atom. The van der Waals surface area contributed by atoms with Crippen molar-refractivity contribution in [3.63, 3.8) is 0 Å². The van der Waals surface area contributed by atoms with Crippen molar-refractivity contribution in [2.24, 2.45) is 10.9 Å². The number of carbonyl (C=O) groups is 2. The third-order valence-electron chi connectivity index (χ3n) is 9.52. The lowest BCUT2D eigenvalue weighted by Crippen LogP contribution is -2.58. The maximum absolute atomic E-state index is 13.7. The molecule has 8 nitrogen and oxygen atoms in total. The lowest BCUT2D eigenvalue weighted by atomic mass is 9.76. The number of rotatable bonds is 20. The molecule has 256 valence electrons. The summed E-state index contributed by atoms with van der Waals surface area (Å²) in [5, 5.41) is 21.8. The van der Waals surface area contributed by atoms with Gasteiger partial charge in [0.25, 0.3) is 0 Å². The van der Waals surface area contributed by atoms with E-state index in [1.807, 2.05) is 17.0 Å². The number of hydrogen-bond acceptors (Lipinski definition) is 5. The third kappa shape index (κ3) is 11.0. The smallest absolute Gasteiger partial charge is 0.303 e. The van der Waals surface area contributed by atoms with Crippen molar-refractivity contribution in [2.45, 2.75) is 108 Å². The molecule has 0 saturated carbocycles. The molecule has 4 rings (SSSR count). The molecule has 5 unspecified atom stereocenters. The number of alkyl halides is 1. The topological polar surface area (TPSA) is 105 Å². The van der Waals surface area contributed by atoms with Crippen LogP contribution in [0.3, 0.4) is 0 Å². The highest BCUT2D eigenvalue weighted by Gasteiger charge is 2.50. The molecule has 0 bridgehead atoms. The number of amides is 1. The van der Waals surface area contributed by atoms with Crippen LogP contribution in [-0.2, 0) is 16.0 Å². The van der Waals surface area contributed by atoms with Gasteiger partial charge in [0.05, 0.1) is 30.4 Å². The molecule has 47 heavy (non-hydrogen) atoms. The average molecular weight is 649 g/mol. The van der Waals surface area contributed by atoms with Crippen molar-refractivity contribution >= 4 is 18.2 Å². The summed E-state index contributed by atoms with van der Waals surface area (Å²) in [4.78, 5) is 30.5. The number of aliphatic carboxylic acids is 1. The highest BCUT2D eigenvalue weighted by atomic mass is 19.1. The molecule has 1 aromatic rings. The standard InChI is InChI=1S/C38H53FN4O4/c1-40-27-41-42(2)26-8-4-3-5-9-29-14-22-33(23-15-29)43-37(31-16-12-28(13-17-31)10-6-7-11-36(45)46)34(38(43)47)24-25-35(44)30-18-20-32(39)21-19-30/h12-20,22,27,32-35,37,44H,3-11,21,23-26H2,1-2H3,(H,40,41)(H,45,46). The first kappa shape index (κ1) is 36.3. The largest absolute Gasteiger partial charge is 0.481 e. The number of aliphatic imine (C=N–C) groups is 1. The maximum atomic E-state index is 13.7. The number of aryl methyl sites for hydroxylation is 1. The Hall–Kier alpha value is -3.56. The normalized spacial score (nSPS) is 23.2. The summed E-state index contributed by atoms with van der Waals surface area (Å²) in [6.07, 6.45) is 21.8. The van der Waals surface area contributed by atoms with Gasteiger partial charge >= 0.3 is 5.97 Å². The lowest BCUT2D eigenvalue weighted by Gasteiger charge is -2.51. The minimum absolute atomic E-state index is 0.00621. The van der Waals surface area contributed by atoms with E-state index in [4.69, 9.17) is 5.11 Å². The van der Waals surface area contributed by atoms with Gasteiger partial charge in [-0.2, -0.15) is 0 Å². The molecular weight excluding hydrogens is 595 g/mol. The molecule has 5 atom stereocenters.